The van der Waals surface area contributed by atoms with Crippen molar-refractivity contribution in [1.82, 2.24) is 0 Å². The molecule has 4 nitrogen and oxygen atoms in total. The third-order valence-corrected chi connectivity index (χ3v) is 9.67. The Kier molecular flexibility index (Phi) is 4.61. The molecule has 6 atom stereocenters. The van der Waals surface area contributed by atoms with Crippen LogP contribution in [0.5, 0.6) is 0 Å². The van der Waals surface area contributed by atoms with Crippen LogP contribution in [0.1, 0.15) is 78.6 Å². The Balaban J connectivity index is 1.50. The van der Waals surface area contributed by atoms with Crippen molar-refractivity contribution in [1.29, 1.82) is 0 Å². The molecule has 3 saturated carbocycles. The van der Waals surface area contributed by atoms with Gasteiger partial charge in [0.1, 0.15) is 0 Å². The average molecular weight is 415 g/mol. The van der Waals surface area contributed by atoms with E-state index in [2.05, 4.69) is 32.8 Å². The summed E-state index contributed by atoms with van der Waals surface area (Å²) in [4.78, 5) is 0. The fourth-order valence-electron chi connectivity index (χ4n) is 7.78. The first-order valence-electron chi connectivity index (χ1n) is 11.9. The first-order valence-corrected chi connectivity index (χ1v) is 11.9. The van der Waals surface area contributed by atoms with Crippen molar-refractivity contribution in [2.24, 2.45) is 28.1 Å². The van der Waals surface area contributed by atoms with Crippen LogP contribution in [-0.2, 0) is 9.47 Å². The van der Waals surface area contributed by atoms with E-state index in [1.165, 1.54) is 5.57 Å². The van der Waals surface area contributed by atoms with Crippen LogP contribution in [0.25, 0.3) is 0 Å². The van der Waals surface area contributed by atoms with Gasteiger partial charge in [0, 0.05) is 35.5 Å². The molecule has 0 aromatic carbocycles. The van der Waals surface area contributed by atoms with Crippen LogP contribution in [-0.4, -0.2) is 40.9 Å². The Morgan fingerprint density at radius 3 is 2.53 bits per heavy atom. The largest absolute Gasteiger partial charge is 0.393 e. The standard InChI is InChI=1S/C26H38O4/c1-5-10-24-13-14-26(29-16-22(2,3)17-30-26)15-25(24,28)12-8-18-19-6-7-21(27)23(19,4)11-9-20(18)24/h1,9,18-19,21,27-28H,6-8,10-17H2,2-4H3/t18-,19-,21-,23-,24+,25?/m0/s1. The molecule has 0 radical (unpaired) electrons. The Labute approximate surface area is 181 Å². The van der Waals surface area contributed by atoms with Gasteiger partial charge in [-0.2, -0.15) is 0 Å². The molecule has 0 amide bonds. The van der Waals surface area contributed by atoms with Crippen LogP contribution in [0, 0.1) is 40.4 Å². The molecule has 0 bridgehead atoms. The fraction of sp³-hybridized carbons (Fsp3) is 0.846. The normalized spacial score (nSPS) is 48.8. The third-order valence-electron chi connectivity index (χ3n) is 9.67. The molecule has 5 aliphatic rings. The zero-order chi connectivity index (χ0) is 21.4. The maximum atomic E-state index is 12.2. The summed E-state index contributed by atoms with van der Waals surface area (Å²) in [7, 11) is 0. The molecule has 4 heteroatoms. The number of allylic oxidation sites excluding steroid dienone is 1. The number of ether oxygens (including phenoxy) is 2. The Hall–Kier alpha value is -0.860. The zero-order valence-corrected chi connectivity index (χ0v) is 18.9. The Morgan fingerprint density at radius 2 is 1.83 bits per heavy atom. The van der Waals surface area contributed by atoms with Crippen molar-refractivity contribution in [2.45, 2.75) is 96.1 Å². The van der Waals surface area contributed by atoms with Crippen molar-refractivity contribution >= 4 is 0 Å². The molecule has 0 aromatic heterocycles. The highest BCUT2D eigenvalue weighted by molar-refractivity contribution is 5.35. The summed E-state index contributed by atoms with van der Waals surface area (Å²) in [6.45, 7) is 7.90. The molecule has 166 valence electrons. The number of aliphatic hydroxyl groups excluding tert-OH is 1. The van der Waals surface area contributed by atoms with E-state index in [0.717, 1.165) is 44.9 Å². The van der Waals surface area contributed by atoms with Crippen LogP contribution in [0.2, 0.25) is 0 Å². The van der Waals surface area contributed by atoms with Gasteiger partial charge >= 0.3 is 0 Å². The lowest BCUT2D eigenvalue weighted by Gasteiger charge is -2.63. The van der Waals surface area contributed by atoms with Crippen molar-refractivity contribution in [3.8, 4) is 12.3 Å². The van der Waals surface area contributed by atoms with E-state index in [0.29, 0.717) is 37.9 Å². The molecule has 4 aliphatic carbocycles. The van der Waals surface area contributed by atoms with E-state index in [9.17, 15) is 10.2 Å². The molecule has 1 unspecified atom stereocenters. The van der Waals surface area contributed by atoms with Crippen LogP contribution < -0.4 is 0 Å². The van der Waals surface area contributed by atoms with Crippen LogP contribution in [0.4, 0.5) is 0 Å². The van der Waals surface area contributed by atoms with E-state index in [1.54, 1.807) is 0 Å². The Bertz CT molecular complexity index is 783. The van der Waals surface area contributed by atoms with Crippen molar-refractivity contribution in [3.63, 3.8) is 0 Å². The maximum Gasteiger partial charge on any atom is 0.171 e. The molecule has 2 N–H and O–H groups in total. The van der Waals surface area contributed by atoms with Crippen molar-refractivity contribution in [2.75, 3.05) is 13.2 Å². The minimum atomic E-state index is -0.896. The Morgan fingerprint density at radius 1 is 1.10 bits per heavy atom. The first kappa shape index (κ1) is 21.0. The number of hydrogen-bond donors (Lipinski definition) is 2. The topological polar surface area (TPSA) is 58.9 Å². The molecule has 1 spiro atoms. The number of rotatable bonds is 1. The number of aliphatic hydroxyl groups is 2. The minimum absolute atomic E-state index is 0.0124. The van der Waals surface area contributed by atoms with Gasteiger partial charge < -0.3 is 19.7 Å². The molecule has 1 aliphatic heterocycles. The number of hydrogen-bond acceptors (Lipinski definition) is 4. The summed E-state index contributed by atoms with van der Waals surface area (Å²) >= 11 is 0. The maximum absolute atomic E-state index is 12.2. The van der Waals surface area contributed by atoms with Gasteiger partial charge in [0.25, 0.3) is 0 Å². The van der Waals surface area contributed by atoms with E-state index in [1.807, 2.05) is 0 Å². The second-order valence-electron chi connectivity index (χ2n) is 12.0. The van der Waals surface area contributed by atoms with Gasteiger partial charge in [-0.25, -0.2) is 0 Å². The van der Waals surface area contributed by atoms with Gasteiger partial charge in [0.15, 0.2) is 5.79 Å². The molecular weight excluding hydrogens is 376 g/mol. The molecular formula is C26H38O4. The second-order valence-corrected chi connectivity index (χ2v) is 12.0. The summed E-state index contributed by atoms with van der Waals surface area (Å²) in [6.07, 6.45) is 15.3. The summed E-state index contributed by atoms with van der Waals surface area (Å²) in [5.41, 5.74) is 0.0877. The van der Waals surface area contributed by atoms with Gasteiger partial charge in [-0.15, -0.1) is 12.3 Å². The van der Waals surface area contributed by atoms with Crippen molar-refractivity contribution in [3.05, 3.63) is 11.6 Å². The zero-order valence-electron chi connectivity index (χ0n) is 18.9. The predicted octanol–water partition coefficient (Wildman–Crippen LogP) is 4.20. The highest BCUT2D eigenvalue weighted by Crippen LogP contribution is 2.67. The average Bonchev–Trinajstić information content (AvgIpc) is 3.00. The molecule has 0 aromatic rings. The molecule has 5 rings (SSSR count). The molecule has 4 fully saturated rings. The molecule has 1 heterocycles. The van der Waals surface area contributed by atoms with E-state index < -0.39 is 11.4 Å². The van der Waals surface area contributed by atoms with E-state index >= 15 is 0 Å². The molecule has 30 heavy (non-hydrogen) atoms. The first-order chi connectivity index (χ1) is 14.1. The van der Waals surface area contributed by atoms with Crippen LogP contribution in [0.3, 0.4) is 0 Å². The van der Waals surface area contributed by atoms with Crippen LogP contribution in [0.15, 0.2) is 11.6 Å². The molecule has 1 saturated heterocycles. The third kappa shape index (κ3) is 2.75. The smallest absolute Gasteiger partial charge is 0.171 e. The summed E-state index contributed by atoms with van der Waals surface area (Å²) in [6, 6.07) is 0. The van der Waals surface area contributed by atoms with E-state index in [4.69, 9.17) is 15.9 Å². The van der Waals surface area contributed by atoms with Gasteiger partial charge in [0.2, 0.25) is 0 Å². The van der Waals surface area contributed by atoms with Crippen molar-refractivity contribution < 1.29 is 19.7 Å². The lowest BCUT2D eigenvalue weighted by Crippen LogP contribution is -2.65. The number of terminal acetylenes is 1. The van der Waals surface area contributed by atoms with Gasteiger partial charge in [-0.3, -0.25) is 0 Å². The minimum Gasteiger partial charge on any atom is -0.393 e. The summed E-state index contributed by atoms with van der Waals surface area (Å²) in [5, 5.41) is 22.9. The summed E-state index contributed by atoms with van der Waals surface area (Å²) in [5.74, 6) is 3.18. The highest BCUT2D eigenvalue weighted by Gasteiger charge is 2.66. The van der Waals surface area contributed by atoms with Gasteiger partial charge in [-0.1, -0.05) is 32.4 Å². The van der Waals surface area contributed by atoms with Gasteiger partial charge in [-0.05, 0) is 50.4 Å². The fourth-order valence-corrected chi connectivity index (χ4v) is 7.78. The lowest BCUT2D eigenvalue weighted by molar-refractivity contribution is -0.343. The SMILES string of the molecule is C#CC[C@]12CCC3(CC1(O)CC[C@@H]1C2=CC[C@]2(C)[C@@H](O)CC[C@@H]12)OCC(C)(C)CO3. The monoisotopic (exact) mass is 414 g/mol. The highest BCUT2D eigenvalue weighted by atomic mass is 16.7. The second kappa shape index (κ2) is 6.58. The van der Waals surface area contributed by atoms with Gasteiger partial charge in [0.05, 0.1) is 24.9 Å². The predicted molar refractivity (Wildman–Crippen MR) is 115 cm³/mol. The lowest BCUT2D eigenvalue weighted by atomic mass is 9.45. The quantitative estimate of drug-likeness (QED) is 0.499. The summed E-state index contributed by atoms with van der Waals surface area (Å²) < 4.78 is 12.6. The van der Waals surface area contributed by atoms with Crippen LogP contribution >= 0.6 is 0 Å². The number of fused-ring (bicyclic) bond motifs is 5. The van der Waals surface area contributed by atoms with E-state index in [-0.39, 0.29) is 22.3 Å².